The molecule has 4 N–H and O–H groups in total. The number of aryl methyl sites for hydroxylation is 2. The Morgan fingerprint density at radius 1 is 1.64 bits per heavy atom. The summed E-state index contributed by atoms with van der Waals surface area (Å²) in [5, 5.41) is 16.6. The lowest BCUT2D eigenvalue weighted by molar-refractivity contribution is 0.178. The quantitative estimate of drug-likeness (QED) is 0.641. The van der Waals surface area contributed by atoms with E-state index in [1.807, 2.05) is 0 Å². The van der Waals surface area contributed by atoms with Crippen LogP contribution in [0.15, 0.2) is 0 Å². The Bertz CT molecular complexity index is 321. The molecule has 2 rings (SSSR count). The molecule has 1 aromatic heterocycles. The molecule has 0 saturated heterocycles. The molecule has 4 heteroatoms. The fraction of sp³-hybridized carbons (Fsp3) is 0.700. The third kappa shape index (κ3) is 1.26. The van der Waals surface area contributed by atoms with Crippen LogP contribution in [0.5, 0.6) is 0 Å². The van der Waals surface area contributed by atoms with Gasteiger partial charge in [0, 0.05) is 11.3 Å². The molecule has 1 aliphatic rings. The van der Waals surface area contributed by atoms with E-state index in [1.54, 1.807) is 0 Å². The minimum absolute atomic E-state index is 0.00648. The molecule has 0 aromatic carbocycles. The summed E-state index contributed by atoms with van der Waals surface area (Å²) in [5.41, 5.74) is 8.81. The van der Waals surface area contributed by atoms with Gasteiger partial charge in [-0.1, -0.05) is 6.92 Å². The van der Waals surface area contributed by atoms with Crippen LogP contribution in [-0.4, -0.2) is 21.9 Å². The van der Waals surface area contributed by atoms with Crippen LogP contribution in [0.2, 0.25) is 0 Å². The molecule has 1 aromatic rings. The van der Waals surface area contributed by atoms with Gasteiger partial charge in [-0.25, -0.2) is 0 Å². The normalized spacial score (nSPS) is 26.2. The largest absolute Gasteiger partial charge is 0.394 e. The second-order valence-electron chi connectivity index (χ2n) is 4.05. The number of aliphatic hydroxyl groups is 1. The number of H-pyrrole nitrogens is 1. The number of aromatic nitrogens is 2. The zero-order valence-corrected chi connectivity index (χ0v) is 8.51. The van der Waals surface area contributed by atoms with Gasteiger partial charge in [0.2, 0.25) is 0 Å². The molecular formula is C10H17N3O. The van der Waals surface area contributed by atoms with Gasteiger partial charge in [-0.3, -0.25) is 5.10 Å². The Balaban J connectivity index is 2.50. The number of hydrogen-bond acceptors (Lipinski definition) is 3. The van der Waals surface area contributed by atoms with Gasteiger partial charge < -0.3 is 10.8 Å². The van der Waals surface area contributed by atoms with Gasteiger partial charge in [-0.2, -0.15) is 5.10 Å². The van der Waals surface area contributed by atoms with Crippen LogP contribution in [0.3, 0.4) is 0 Å². The SMILES string of the molecule is CCc1n[nH]c2c1C(N)(CO)CCC2. The van der Waals surface area contributed by atoms with Crippen LogP contribution >= 0.6 is 0 Å². The monoisotopic (exact) mass is 195 g/mol. The number of aromatic amines is 1. The first-order chi connectivity index (χ1) is 6.71. The van der Waals surface area contributed by atoms with Crippen LogP contribution in [0.1, 0.15) is 36.7 Å². The van der Waals surface area contributed by atoms with E-state index in [2.05, 4.69) is 17.1 Å². The molecule has 1 aliphatic carbocycles. The Morgan fingerprint density at radius 3 is 3.07 bits per heavy atom. The average molecular weight is 195 g/mol. The van der Waals surface area contributed by atoms with Crippen molar-refractivity contribution in [3.05, 3.63) is 17.0 Å². The number of rotatable bonds is 2. The highest BCUT2D eigenvalue weighted by Gasteiger charge is 2.35. The summed E-state index contributed by atoms with van der Waals surface area (Å²) >= 11 is 0. The fourth-order valence-corrected chi connectivity index (χ4v) is 2.31. The summed E-state index contributed by atoms with van der Waals surface area (Å²) in [7, 11) is 0. The van der Waals surface area contributed by atoms with E-state index >= 15 is 0 Å². The molecule has 0 radical (unpaired) electrons. The van der Waals surface area contributed by atoms with E-state index in [0.29, 0.717) is 0 Å². The topological polar surface area (TPSA) is 74.9 Å². The number of hydrogen-bond donors (Lipinski definition) is 3. The number of fused-ring (bicyclic) bond motifs is 1. The summed E-state index contributed by atoms with van der Waals surface area (Å²) in [6.45, 7) is 2.06. The van der Waals surface area contributed by atoms with Crippen molar-refractivity contribution in [2.45, 2.75) is 38.1 Å². The predicted octanol–water partition coefficient (Wildman–Crippen LogP) is 0.455. The van der Waals surface area contributed by atoms with Gasteiger partial charge in [0.15, 0.2) is 0 Å². The zero-order chi connectivity index (χ0) is 10.2. The van der Waals surface area contributed by atoms with Crippen molar-refractivity contribution in [2.24, 2.45) is 5.73 Å². The van der Waals surface area contributed by atoms with Crippen molar-refractivity contribution >= 4 is 0 Å². The first-order valence-electron chi connectivity index (χ1n) is 5.17. The lowest BCUT2D eigenvalue weighted by Gasteiger charge is -2.32. The maximum Gasteiger partial charge on any atom is 0.0680 e. The number of nitrogens with two attached hydrogens (primary N) is 1. The number of nitrogens with one attached hydrogen (secondary N) is 1. The molecule has 0 aliphatic heterocycles. The Labute approximate surface area is 83.5 Å². The smallest absolute Gasteiger partial charge is 0.0680 e. The van der Waals surface area contributed by atoms with Crippen molar-refractivity contribution in [3.63, 3.8) is 0 Å². The van der Waals surface area contributed by atoms with E-state index in [-0.39, 0.29) is 6.61 Å². The second kappa shape index (κ2) is 3.37. The summed E-state index contributed by atoms with van der Waals surface area (Å²) in [6, 6.07) is 0. The fourth-order valence-electron chi connectivity index (χ4n) is 2.31. The van der Waals surface area contributed by atoms with Crippen LogP contribution in [0, 0.1) is 0 Å². The maximum absolute atomic E-state index is 9.37. The minimum Gasteiger partial charge on any atom is -0.394 e. The zero-order valence-electron chi connectivity index (χ0n) is 8.51. The van der Waals surface area contributed by atoms with Crippen molar-refractivity contribution < 1.29 is 5.11 Å². The molecule has 4 nitrogen and oxygen atoms in total. The number of aliphatic hydroxyl groups excluding tert-OH is 1. The summed E-state index contributed by atoms with van der Waals surface area (Å²) in [6.07, 6.45) is 3.74. The van der Waals surface area contributed by atoms with Crippen LogP contribution in [0.25, 0.3) is 0 Å². The standard InChI is InChI=1S/C10H17N3O/c1-2-7-9-8(13-12-7)4-3-5-10(9,11)6-14/h14H,2-6,11H2,1H3,(H,12,13). The summed E-state index contributed by atoms with van der Waals surface area (Å²) in [4.78, 5) is 0. The predicted molar refractivity (Wildman–Crippen MR) is 53.9 cm³/mol. The van der Waals surface area contributed by atoms with Gasteiger partial charge in [0.05, 0.1) is 17.8 Å². The van der Waals surface area contributed by atoms with E-state index in [1.165, 1.54) is 0 Å². The highest BCUT2D eigenvalue weighted by atomic mass is 16.3. The van der Waals surface area contributed by atoms with Crippen LogP contribution in [-0.2, 0) is 18.4 Å². The molecule has 0 fully saturated rings. The van der Waals surface area contributed by atoms with E-state index < -0.39 is 5.54 Å². The van der Waals surface area contributed by atoms with E-state index in [4.69, 9.17) is 5.73 Å². The molecule has 0 spiro atoms. The van der Waals surface area contributed by atoms with Gasteiger partial charge in [0.1, 0.15) is 0 Å². The molecule has 14 heavy (non-hydrogen) atoms. The van der Waals surface area contributed by atoms with Gasteiger partial charge >= 0.3 is 0 Å². The molecule has 0 saturated carbocycles. The summed E-state index contributed by atoms with van der Waals surface area (Å²) < 4.78 is 0. The molecule has 1 unspecified atom stereocenters. The maximum atomic E-state index is 9.37. The Hall–Kier alpha value is -0.870. The minimum atomic E-state index is -0.564. The molecule has 0 amide bonds. The number of nitrogens with zero attached hydrogens (tertiary/aromatic N) is 1. The Morgan fingerprint density at radius 2 is 2.43 bits per heavy atom. The van der Waals surface area contributed by atoms with Crippen molar-refractivity contribution in [1.82, 2.24) is 10.2 Å². The third-order valence-corrected chi connectivity index (χ3v) is 3.08. The average Bonchev–Trinajstić information content (AvgIpc) is 2.62. The molecule has 1 heterocycles. The third-order valence-electron chi connectivity index (χ3n) is 3.08. The lowest BCUT2D eigenvalue weighted by atomic mass is 9.79. The van der Waals surface area contributed by atoms with Crippen LogP contribution in [0.4, 0.5) is 0 Å². The van der Waals surface area contributed by atoms with Crippen LogP contribution < -0.4 is 5.73 Å². The van der Waals surface area contributed by atoms with Gasteiger partial charge in [-0.05, 0) is 25.7 Å². The van der Waals surface area contributed by atoms with E-state index in [9.17, 15) is 5.11 Å². The Kier molecular flexibility index (Phi) is 2.33. The second-order valence-corrected chi connectivity index (χ2v) is 4.05. The molecular weight excluding hydrogens is 178 g/mol. The first kappa shape index (κ1) is 9.68. The first-order valence-corrected chi connectivity index (χ1v) is 5.17. The summed E-state index contributed by atoms with van der Waals surface area (Å²) in [5.74, 6) is 0. The molecule has 78 valence electrons. The van der Waals surface area contributed by atoms with Gasteiger partial charge in [0.25, 0.3) is 0 Å². The molecule has 1 atom stereocenters. The lowest BCUT2D eigenvalue weighted by Crippen LogP contribution is -2.43. The van der Waals surface area contributed by atoms with Crippen molar-refractivity contribution in [2.75, 3.05) is 6.61 Å². The molecule has 0 bridgehead atoms. The van der Waals surface area contributed by atoms with Crippen molar-refractivity contribution in [3.8, 4) is 0 Å². The van der Waals surface area contributed by atoms with Crippen molar-refractivity contribution in [1.29, 1.82) is 0 Å². The highest BCUT2D eigenvalue weighted by Crippen LogP contribution is 2.34. The van der Waals surface area contributed by atoms with Gasteiger partial charge in [-0.15, -0.1) is 0 Å². The van der Waals surface area contributed by atoms with E-state index in [0.717, 1.165) is 42.6 Å². The highest BCUT2D eigenvalue weighted by molar-refractivity contribution is 5.35.